The third-order valence-electron chi connectivity index (χ3n) is 5.60. The van der Waals surface area contributed by atoms with Gasteiger partial charge in [0.25, 0.3) is 11.8 Å². The van der Waals surface area contributed by atoms with Crippen LogP contribution < -0.4 is 24.4 Å². The summed E-state index contributed by atoms with van der Waals surface area (Å²) in [6.45, 7) is 5.90. The van der Waals surface area contributed by atoms with Gasteiger partial charge in [-0.15, -0.1) is 0 Å². The summed E-state index contributed by atoms with van der Waals surface area (Å²) >= 11 is 0. The van der Waals surface area contributed by atoms with Crippen LogP contribution in [0.1, 0.15) is 39.2 Å². The zero-order valence-electron chi connectivity index (χ0n) is 19.7. The van der Waals surface area contributed by atoms with Gasteiger partial charge in [-0.1, -0.05) is 44.2 Å². The van der Waals surface area contributed by atoms with Crippen LogP contribution in [0, 0.1) is 0 Å². The second-order valence-electron chi connectivity index (χ2n) is 7.80. The molecule has 1 N–H and O–H groups in total. The molecule has 0 fully saturated rings. The molecule has 0 radical (unpaired) electrons. The first kappa shape index (κ1) is 24.2. The van der Waals surface area contributed by atoms with Crippen LogP contribution in [0.2, 0.25) is 0 Å². The van der Waals surface area contributed by atoms with E-state index in [9.17, 15) is 9.59 Å². The molecule has 0 bridgehead atoms. The standard InChI is InChI=1S/C26H32N2O5/c1-5-10-18-13-14-22(23(15-18)31-4)32-17-25(29)28-16-24(26(30)27-19(6-2)7-3)33-21-12-9-8-11-20(21)28/h5,8-15,19,24H,6-7,16-17H2,1-4H3,(H,27,30)/b10-5+. The number of fused-ring (bicyclic) bond motifs is 1. The van der Waals surface area contributed by atoms with Crippen LogP contribution >= 0.6 is 0 Å². The van der Waals surface area contributed by atoms with E-state index < -0.39 is 6.10 Å². The maximum absolute atomic E-state index is 13.2. The molecule has 1 aliphatic rings. The van der Waals surface area contributed by atoms with Crippen LogP contribution in [-0.4, -0.2) is 44.2 Å². The van der Waals surface area contributed by atoms with Crippen LogP contribution in [-0.2, 0) is 9.59 Å². The first-order valence-electron chi connectivity index (χ1n) is 11.3. The van der Waals surface area contributed by atoms with Crippen molar-refractivity contribution in [1.29, 1.82) is 0 Å². The molecule has 2 aromatic rings. The van der Waals surface area contributed by atoms with Crippen molar-refractivity contribution in [1.82, 2.24) is 5.32 Å². The average Bonchev–Trinajstić information content (AvgIpc) is 2.85. The van der Waals surface area contributed by atoms with E-state index in [4.69, 9.17) is 14.2 Å². The number of para-hydroxylation sites is 2. The van der Waals surface area contributed by atoms with Crippen molar-refractivity contribution < 1.29 is 23.8 Å². The van der Waals surface area contributed by atoms with Gasteiger partial charge in [-0.2, -0.15) is 0 Å². The molecule has 0 spiro atoms. The molecular formula is C26H32N2O5. The number of ether oxygens (including phenoxy) is 3. The number of hydrogen-bond donors (Lipinski definition) is 1. The number of amides is 2. The third-order valence-corrected chi connectivity index (χ3v) is 5.60. The number of carbonyl (C=O) groups excluding carboxylic acids is 2. The Hall–Kier alpha value is -3.48. The number of hydrogen-bond acceptors (Lipinski definition) is 5. The van der Waals surface area contributed by atoms with E-state index in [1.165, 1.54) is 0 Å². The fourth-order valence-electron chi connectivity index (χ4n) is 3.71. The first-order chi connectivity index (χ1) is 16.0. The van der Waals surface area contributed by atoms with E-state index in [-0.39, 0.29) is 31.0 Å². The van der Waals surface area contributed by atoms with Crippen molar-refractivity contribution in [3.8, 4) is 17.2 Å². The van der Waals surface area contributed by atoms with Gasteiger partial charge in [0.15, 0.2) is 24.2 Å². The largest absolute Gasteiger partial charge is 0.493 e. The summed E-state index contributed by atoms with van der Waals surface area (Å²) in [5.41, 5.74) is 1.59. The summed E-state index contributed by atoms with van der Waals surface area (Å²) in [7, 11) is 1.56. The Bertz CT molecular complexity index is 1000. The Kier molecular flexibility index (Phi) is 8.35. The molecule has 0 saturated heterocycles. The molecule has 3 rings (SSSR count). The lowest BCUT2D eigenvalue weighted by molar-refractivity contribution is -0.129. The Labute approximate surface area is 195 Å². The molecule has 1 aliphatic heterocycles. The molecule has 176 valence electrons. The molecule has 1 heterocycles. The van der Waals surface area contributed by atoms with Gasteiger partial charge in [0.2, 0.25) is 0 Å². The molecule has 0 aliphatic carbocycles. The summed E-state index contributed by atoms with van der Waals surface area (Å²) in [4.78, 5) is 27.5. The highest BCUT2D eigenvalue weighted by atomic mass is 16.5. The van der Waals surface area contributed by atoms with Crippen LogP contribution in [0.15, 0.2) is 48.5 Å². The predicted molar refractivity (Wildman–Crippen MR) is 129 cm³/mol. The zero-order chi connectivity index (χ0) is 23.8. The van der Waals surface area contributed by atoms with E-state index >= 15 is 0 Å². The van der Waals surface area contributed by atoms with E-state index in [1.54, 1.807) is 30.2 Å². The van der Waals surface area contributed by atoms with Crippen molar-refractivity contribution in [3.05, 3.63) is 54.1 Å². The number of anilines is 1. The number of nitrogens with zero attached hydrogens (tertiary/aromatic N) is 1. The number of methoxy groups -OCH3 is 1. The van der Waals surface area contributed by atoms with Crippen molar-refractivity contribution in [2.45, 2.75) is 45.8 Å². The molecular weight excluding hydrogens is 420 g/mol. The van der Waals surface area contributed by atoms with E-state index in [1.807, 2.05) is 57.2 Å². The average molecular weight is 453 g/mol. The maximum atomic E-state index is 13.2. The van der Waals surface area contributed by atoms with Crippen molar-refractivity contribution in [3.63, 3.8) is 0 Å². The summed E-state index contributed by atoms with van der Waals surface area (Å²) in [5, 5.41) is 3.01. The Morgan fingerprint density at radius 3 is 2.64 bits per heavy atom. The minimum atomic E-state index is -0.792. The molecule has 1 unspecified atom stereocenters. The monoisotopic (exact) mass is 452 g/mol. The van der Waals surface area contributed by atoms with E-state index in [0.717, 1.165) is 18.4 Å². The normalized spacial score (nSPS) is 15.2. The fraction of sp³-hybridized carbons (Fsp3) is 0.385. The topological polar surface area (TPSA) is 77.1 Å². The van der Waals surface area contributed by atoms with E-state index in [0.29, 0.717) is 22.9 Å². The van der Waals surface area contributed by atoms with Crippen molar-refractivity contribution in [2.75, 3.05) is 25.2 Å². The zero-order valence-corrected chi connectivity index (χ0v) is 19.7. The lowest BCUT2D eigenvalue weighted by Gasteiger charge is -2.34. The second-order valence-corrected chi connectivity index (χ2v) is 7.80. The van der Waals surface area contributed by atoms with E-state index in [2.05, 4.69) is 5.32 Å². The molecule has 0 aromatic heterocycles. The smallest absolute Gasteiger partial charge is 0.265 e. The molecule has 33 heavy (non-hydrogen) atoms. The number of rotatable bonds is 9. The van der Waals surface area contributed by atoms with Gasteiger partial charge in [0, 0.05) is 6.04 Å². The lowest BCUT2D eigenvalue weighted by Crippen LogP contribution is -2.53. The predicted octanol–water partition coefficient (Wildman–Crippen LogP) is 4.21. The number of nitrogens with one attached hydrogen (secondary N) is 1. The van der Waals surface area contributed by atoms with Crippen LogP contribution in [0.5, 0.6) is 17.2 Å². The van der Waals surface area contributed by atoms with Crippen LogP contribution in [0.4, 0.5) is 5.69 Å². The highest BCUT2D eigenvalue weighted by Crippen LogP contribution is 2.34. The molecule has 0 saturated carbocycles. The molecule has 7 nitrogen and oxygen atoms in total. The number of allylic oxidation sites excluding steroid dienone is 1. The first-order valence-corrected chi connectivity index (χ1v) is 11.3. The van der Waals surface area contributed by atoms with Crippen molar-refractivity contribution in [2.24, 2.45) is 0 Å². The minimum Gasteiger partial charge on any atom is -0.493 e. The molecule has 7 heteroatoms. The van der Waals surface area contributed by atoms with Crippen molar-refractivity contribution >= 4 is 23.6 Å². The van der Waals surface area contributed by atoms with Crippen LogP contribution in [0.3, 0.4) is 0 Å². The maximum Gasteiger partial charge on any atom is 0.265 e. The minimum absolute atomic E-state index is 0.0729. The fourth-order valence-corrected chi connectivity index (χ4v) is 3.71. The highest BCUT2D eigenvalue weighted by molar-refractivity contribution is 5.98. The van der Waals surface area contributed by atoms with Gasteiger partial charge in [0.05, 0.1) is 19.3 Å². The Balaban J connectivity index is 1.75. The number of benzene rings is 2. The molecule has 1 atom stereocenters. The molecule has 2 amide bonds. The summed E-state index contributed by atoms with van der Waals surface area (Å²) < 4.78 is 17.1. The Morgan fingerprint density at radius 1 is 1.18 bits per heavy atom. The number of carbonyl (C=O) groups is 2. The van der Waals surface area contributed by atoms with Gasteiger partial charge in [-0.05, 0) is 49.6 Å². The van der Waals surface area contributed by atoms with Gasteiger partial charge in [-0.3, -0.25) is 9.59 Å². The second kappa shape index (κ2) is 11.4. The van der Waals surface area contributed by atoms with Gasteiger partial charge in [0.1, 0.15) is 5.75 Å². The lowest BCUT2D eigenvalue weighted by atomic mass is 10.1. The summed E-state index contributed by atoms with van der Waals surface area (Å²) in [5.74, 6) is 1.02. The summed E-state index contributed by atoms with van der Waals surface area (Å²) in [6, 6.07) is 12.8. The quantitative estimate of drug-likeness (QED) is 0.617. The Morgan fingerprint density at radius 2 is 1.94 bits per heavy atom. The van der Waals surface area contributed by atoms with Gasteiger partial charge >= 0.3 is 0 Å². The van der Waals surface area contributed by atoms with Gasteiger partial charge in [-0.25, -0.2) is 0 Å². The molecule has 2 aromatic carbocycles. The third kappa shape index (κ3) is 5.86. The SMILES string of the molecule is C/C=C/c1ccc(OCC(=O)N2CC(C(=O)NC(CC)CC)Oc3ccccc32)c(OC)c1. The highest BCUT2D eigenvalue weighted by Gasteiger charge is 2.34. The summed E-state index contributed by atoms with van der Waals surface area (Å²) in [6.07, 6.45) is 4.76. The van der Waals surface area contributed by atoms with Crippen LogP contribution in [0.25, 0.3) is 6.08 Å². The van der Waals surface area contributed by atoms with Gasteiger partial charge < -0.3 is 24.4 Å².